The molecule has 0 aliphatic rings. The van der Waals surface area contributed by atoms with Crippen molar-refractivity contribution in [3.63, 3.8) is 0 Å². The topological polar surface area (TPSA) is 24.9 Å². The second kappa shape index (κ2) is 7.14. The summed E-state index contributed by atoms with van der Waals surface area (Å²) in [6, 6.07) is 10.1. The normalized spacial score (nSPS) is 11.7. The van der Waals surface area contributed by atoms with Crippen LogP contribution in [0.5, 0.6) is 0 Å². The first-order valence-electron chi connectivity index (χ1n) is 6.66. The van der Waals surface area contributed by atoms with Crippen molar-refractivity contribution in [3.8, 4) is 0 Å². The minimum Gasteiger partial charge on any atom is -0.308 e. The largest absolute Gasteiger partial charge is 0.308 e. The maximum atomic E-state index is 6.37. The van der Waals surface area contributed by atoms with Crippen molar-refractivity contribution in [2.75, 3.05) is 0 Å². The van der Waals surface area contributed by atoms with Crippen LogP contribution in [-0.4, -0.2) is 10.5 Å². The van der Waals surface area contributed by atoms with Gasteiger partial charge in [0, 0.05) is 27.6 Å². The highest BCUT2D eigenvalue weighted by atomic mass is 79.9. The van der Waals surface area contributed by atoms with Crippen molar-refractivity contribution in [2.24, 2.45) is 0 Å². The first-order chi connectivity index (χ1) is 9.83. The van der Waals surface area contributed by atoms with Crippen LogP contribution in [0, 0.1) is 0 Å². The van der Waals surface area contributed by atoms with E-state index in [2.05, 4.69) is 59.1 Å². The second-order valence-corrected chi connectivity index (χ2v) is 8.17. The van der Waals surface area contributed by atoms with E-state index in [0.717, 1.165) is 26.0 Å². The lowest BCUT2D eigenvalue weighted by Crippen LogP contribution is -2.35. The molecule has 0 radical (unpaired) electrons. The zero-order valence-corrected chi connectivity index (χ0v) is 15.4. The van der Waals surface area contributed by atoms with E-state index in [1.165, 1.54) is 5.56 Å². The fourth-order valence-corrected chi connectivity index (χ4v) is 2.95. The fourth-order valence-electron chi connectivity index (χ4n) is 1.64. The van der Waals surface area contributed by atoms with Gasteiger partial charge in [-0.1, -0.05) is 29.4 Å². The Morgan fingerprint density at radius 2 is 2.00 bits per heavy atom. The summed E-state index contributed by atoms with van der Waals surface area (Å²) in [4.78, 5) is 5.37. The van der Waals surface area contributed by atoms with Crippen LogP contribution in [-0.2, 0) is 6.54 Å². The molecule has 1 aromatic heterocycles. The highest BCUT2D eigenvalue weighted by Crippen LogP contribution is 2.33. The summed E-state index contributed by atoms with van der Waals surface area (Å²) in [5, 5.41) is 5.15. The molecule has 1 heterocycles. The Hall–Kier alpha value is -0.550. The van der Waals surface area contributed by atoms with E-state index in [1.807, 2.05) is 18.2 Å². The van der Waals surface area contributed by atoms with Crippen molar-refractivity contribution in [3.05, 3.63) is 51.6 Å². The Kier molecular flexibility index (Phi) is 5.72. The molecule has 0 saturated carbocycles. The fraction of sp³-hybridized carbons (Fsp3) is 0.312. The lowest BCUT2D eigenvalue weighted by molar-refractivity contribution is 0.424. The first kappa shape index (κ1) is 16.8. The number of rotatable bonds is 4. The summed E-state index contributed by atoms with van der Waals surface area (Å²) < 4.78 is 0.974. The monoisotopic (exact) mass is 384 g/mol. The lowest BCUT2D eigenvalue weighted by atomic mass is 10.1. The predicted molar refractivity (Wildman–Crippen MR) is 94.1 cm³/mol. The summed E-state index contributed by atoms with van der Waals surface area (Å²) in [7, 11) is 0. The van der Waals surface area contributed by atoms with Crippen molar-refractivity contribution in [1.29, 1.82) is 0 Å². The van der Waals surface area contributed by atoms with Gasteiger partial charge in [0.15, 0.2) is 0 Å². The summed E-state index contributed by atoms with van der Waals surface area (Å²) in [6.07, 6.45) is 1.79. The maximum Gasteiger partial charge on any atom is 0.101 e. The van der Waals surface area contributed by atoms with Gasteiger partial charge in [0.2, 0.25) is 0 Å². The number of halogens is 2. The van der Waals surface area contributed by atoms with Gasteiger partial charge in [-0.3, -0.25) is 0 Å². The molecule has 0 bridgehead atoms. The van der Waals surface area contributed by atoms with Crippen molar-refractivity contribution < 1.29 is 0 Å². The molecule has 0 fully saturated rings. The van der Waals surface area contributed by atoms with Crippen molar-refractivity contribution in [1.82, 2.24) is 10.3 Å². The van der Waals surface area contributed by atoms with E-state index in [9.17, 15) is 0 Å². The Morgan fingerprint density at radius 1 is 1.24 bits per heavy atom. The van der Waals surface area contributed by atoms with Crippen LogP contribution < -0.4 is 5.32 Å². The van der Waals surface area contributed by atoms with Gasteiger partial charge < -0.3 is 5.32 Å². The van der Waals surface area contributed by atoms with E-state index in [-0.39, 0.29) is 5.54 Å². The maximum absolute atomic E-state index is 6.37. The third-order valence-electron chi connectivity index (χ3n) is 2.73. The molecule has 2 aromatic rings. The summed E-state index contributed by atoms with van der Waals surface area (Å²) in [6.45, 7) is 7.26. The van der Waals surface area contributed by atoms with Gasteiger partial charge in [-0.15, -0.1) is 0 Å². The van der Waals surface area contributed by atoms with Crippen LogP contribution in [0.4, 0.5) is 0 Å². The van der Waals surface area contributed by atoms with Gasteiger partial charge >= 0.3 is 0 Å². The number of pyridine rings is 1. The third kappa shape index (κ3) is 5.62. The quantitative estimate of drug-likeness (QED) is 0.748. The van der Waals surface area contributed by atoms with E-state index in [1.54, 1.807) is 18.0 Å². The molecule has 0 spiro atoms. The van der Waals surface area contributed by atoms with Crippen molar-refractivity contribution in [2.45, 2.75) is 42.8 Å². The second-order valence-electron chi connectivity index (χ2n) is 5.79. The first-order valence-corrected chi connectivity index (χ1v) is 8.65. The molecule has 2 nitrogen and oxygen atoms in total. The highest BCUT2D eigenvalue weighted by molar-refractivity contribution is 9.10. The molecule has 0 unspecified atom stereocenters. The number of hydrogen-bond donors (Lipinski definition) is 1. The van der Waals surface area contributed by atoms with Gasteiger partial charge in [0.1, 0.15) is 5.03 Å². The summed E-state index contributed by atoms with van der Waals surface area (Å²) in [5.74, 6) is 0. The third-order valence-corrected chi connectivity index (χ3v) is 4.65. The van der Waals surface area contributed by atoms with Crippen LogP contribution in [0.3, 0.4) is 0 Å². The van der Waals surface area contributed by atoms with Crippen LogP contribution >= 0.6 is 39.3 Å². The van der Waals surface area contributed by atoms with Gasteiger partial charge in [-0.2, -0.15) is 0 Å². The lowest BCUT2D eigenvalue weighted by Gasteiger charge is -2.20. The summed E-state index contributed by atoms with van der Waals surface area (Å²) in [5.41, 5.74) is 1.28. The number of nitrogens with one attached hydrogen (secondary N) is 1. The minimum absolute atomic E-state index is 0.0985. The van der Waals surface area contributed by atoms with Gasteiger partial charge in [0.05, 0.1) is 5.02 Å². The molecule has 2 rings (SSSR count). The van der Waals surface area contributed by atoms with Gasteiger partial charge in [0.25, 0.3) is 0 Å². The zero-order valence-electron chi connectivity index (χ0n) is 12.3. The number of benzene rings is 1. The van der Waals surface area contributed by atoms with E-state index >= 15 is 0 Å². The smallest absolute Gasteiger partial charge is 0.101 e. The van der Waals surface area contributed by atoms with Crippen LogP contribution in [0.1, 0.15) is 26.3 Å². The van der Waals surface area contributed by atoms with E-state index in [4.69, 9.17) is 11.6 Å². The number of aromatic nitrogens is 1. The SMILES string of the molecule is CC(C)(C)NCc1ccc(Sc2ccc(Br)cn2)c(Cl)c1. The Labute approximate surface area is 143 Å². The van der Waals surface area contributed by atoms with Crippen molar-refractivity contribution >= 4 is 39.3 Å². The highest BCUT2D eigenvalue weighted by Gasteiger charge is 2.10. The minimum atomic E-state index is 0.0985. The Morgan fingerprint density at radius 3 is 2.57 bits per heavy atom. The number of hydrogen-bond acceptors (Lipinski definition) is 3. The molecule has 21 heavy (non-hydrogen) atoms. The molecular weight excluding hydrogens is 368 g/mol. The molecule has 1 aromatic carbocycles. The van der Waals surface area contributed by atoms with Crippen LogP contribution in [0.25, 0.3) is 0 Å². The number of nitrogens with zero attached hydrogens (tertiary/aromatic N) is 1. The Bertz CT molecular complexity index is 609. The van der Waals surface area contributed by atoms with Gasteiger partial charge in [-0.25, -0.2) is 4.98 Å². The average molecular weight is 386 g/mol. The zero-order chi connectivity index (χ0) is 15.5. The molecule has 0 aliphatic heterocycles. The van der Waals surface area contributed by atoms with Gasteiger partial charge in [-0.05, 0) is 66.5 Å². The molecule has 0 atom stereocenters. The molecular formula is C16H18BrClN2S. The predicted octanol–water partition coefficient (Wildman–Crippen LogP) is 5.54. The van der Waals surface area contributed by atoms with Crippen LogP contribution in [0.2, 0.25) is 5.02 Å². The molecule has 0 saturated heterocycles. The van der Waals surface area contributed by atoms with E-state index in [0.29, 0.717) is 0 Å². The standard InChI is InChI=1S/C16H18BrClN2S/c1-16(2,3)20-9-11-4-6-14(13(18)8-11)21-15-7-5-12(17)10-19-15/h4-8,10,20H,9H2,1-3H3. The molecule has 5 heteroatoms. The molecule has 0 aliphatic carbocycles. The average Bonchev–Trinajstić information content (AvgIpc) is 2.41. The van der Waals surface area contributed by atoms with Crippen LogP contribution in [0.15, 0.2) is 50.9 Å². The summed E-state index contributed by atoms with van der Waals surface area (Å²) >= 11 is 11.3. The molecule has 112 valence electrons. The molecule has 0 amide bonds. The van der Waals surface area contributed by atoms with E-state index < -0.39 is 0 Å². The Balaban J connectivity index is 2.07. The molecule has 1 N–H and O–H groups in total.